The standard InChI is InChI=1S/C14H16O4/c1-2-3-11(15)9-17-12-6-4-10-5-7-14(16)18-13(10)8-12/h4-8,11,15H,2-3,9H2,1H3. The smallest absolute Gasteiger partial charge is 0.336 e. The summed E-state index contributed by atoms with van der Waals surface area (Å²) in [6.07, 6.45) is 1.16. The first-order valence-corrected chi connectivity index (χ1v) is 6.04. The number of aliphatic hydroxyl groups is 1. The molecule has 1 atom stereocenters. The molecule has 1 aromatic heterocycles. The molecule has 0 radical (unpaired) electrons. The number of benzene rings is 1. The average molecular weight is 248 g/mol. The molecule has 0 bridgehead atoms. The first kappa shape index (κ1) is 12.6. The lowest BCUT2D eigenvalue weighted by molar-refractivity contribution is 0.0994. The van der Waals surface area contributed by atoms with Crippen molar-refractivity contribution < 1.29 is 14.3 Å². The zero-order chi connectivity index (χ0) is 13.0. The third-order valence-electron chi connectivity index (χ3n) is 2.66. The number of rotatable bonds is 5. The van der Waals surface area contributed by atoms with Gasteiger partial charge in [-0.25, -0.2) is 4.79 Å². The highest BCUT2D eigenvalue weighted by molar-refractivity contribution is 5.77. The number of aliphatic hydroxyl groups excluding tert-OH is 1. The number of fused-ring (bicyclic) bond motifs is 1. The third-order valence-corrected chi connectivity index (χ3v) is 2.66. The molecule has 4 heteroatoms. The maximum atomic E-state index is 11.1. The maximum Gasteiger partial charge on any atom is 0.336 e. The molecule has 18 heavy (non-hydrogen) atoms. The second-order valence-corrected chi connectivity index (χ2v) is 4.21. The Morgan fingerprint density at radius 1 is 1.33 bits per heavy atom. The highest BCUT2D eigenvalue weighted by atomic mass is 16.5. The molecule has 0 aliphatic rings. The van der Waals surface area contributed by atoms with Crippen LogP contribution in [0.25, 0.3) is 11.0 Å². The van der Waals surface area contributed by atoms with Crippen LogP contribution in [-0.2, 0) is 0 Å². The van der Waals surface area contributed by atoms with Crippen molar-refractivity contribution in [1.29, 1.82) is 0 Å². The fourth-order valence-electron chi connectivity index (χ4n) is 1.74. The lowest BCUT2D eigenvalue weighted by atomic mass is 10.2. The molecule has 1 aromatic carbocycles. The maximum absolute atomic E-state index is 11.1. The van der Waals surface area contributed by atoms with Crippen molar-refractivity contribution in [2.45, 2.75) is 25.9 Å². The molecule has 0 amide bonds. The monoisotopic (exact) mass is 248 g/mol. The SMILES string of the molecule is CCCC(O)COc1ccc2ccc(=O)oc2c1. The molecule has 0 fully saturated rings. The minimum Gasteiger partial charge on any atom is -0.491 e. The lowest BCUT2D eigenvalue weighted by Gasteiger charge is -2.11. The highest BCUT2D eigenvalue weighted by Gasteiger charge is 2.05. The quantitative estimate of drug-likeness (QED) is 0.825. The number of hydrogen-bond donors (Lipinski definition) is 1. The fraction of sp³-hybridized carbons (Fsp3) is 0.357. The van der Waals surface area contributed by atoms with Crippen LogP contribution in [-0.4, -0.2) is 17.8 Å². The summed E-state index contributed by atoms with van der Waals surface area (Å²) >= 11 is 0. The minimum absolute atomic E-state index is 0.246. The fourth-order valence-corrected chi connectivity index (χ4v) is 1.74. The van der Waals surface area contributed by atoms with Gasteiger partial charge in [0.25, 0.3) is 0 Å². The summed E-state index contributed by atoms with van der Waals surface area (Å²) in [5, 5.41) is 10.4. The van der Waals surface area contributed by atoms with Crippen molar-refractivity contribution in [3.05, 3.63) is 40.8 Å². The molecule has 2 rings (SSSR count). The minimum atomic E-state index is -0.464. The Bertz CT molecular complexity index is 573. The highest BCUT2D eigenvalue weighted by Crippen LogP contribution is 2.19. The van der Waals surface area contributed by atoms with Gasteiger partial charge in [-0.05, 0) is 24.6 Å². The molecule has 1 N–H and O–H groups in total. The van der Waals surface area contributed by atoms with Gasteiger partial charge in [0.2, 0.25) is 0 Å². The molecule has 0 aliphatic heterocycles. The summed E-state index contributed by atoms with van der Waals surface area (Å²) in [6, 6.07) is 8.36. The molecule has 2 aromatic rings. The van der Waals surface area contributed by atoms with Crippen molar-refractivity contribution in [3.8, 4) is 5.75 Å². The first-order valence-electron chi connectivity index (χ1n) is 6.04. The zero-order valence-corrected chi connectivity index (χ0v) is 10.3. The van der Waals surface area contributed by atoms with Gasteiger partial charge in [0.15, 0.2) is 0 Å². The number of hydrogen-bond acceptors (Lipinski definition) is 4. The summed E-state index contributed by atoms with van der Waals surface area (Å²) in [6.45, 7) is 2.25. The summed E-state index contributed by atoms with van der Waals surface area (Å²) < 4.78 is 10.5. The van der Waals surface area contributed by atoms with Crippen molar-refractivity contribution in [1.82, 2.24) is 0 Å². The molecular formula is C14H16O4. The lowest BCUT2D eigenvalue weighted by Crippen LogP contribution is -2.16. The van der Waals surface area contributed by atoms with Crippen LogP contribution in [0, 0.1) is 0 Å². The predicted molar refractivity (Wildman–Crippen MR) is 68.9 cm³/mol. The number of ether oxygens (including phenoxy) is 1. The predicted octanol–water partition coefficient (Wildman–Crippen LogP) is 2.33. The van der Waals surface area contributed by atoms with Gasteiger partial charge >= 0.3 is 5.63 Å². The molecule has 0 saturated carbocycles. The average Bonchev–Trinajstić information content (AvgIpc) is 2.36. The van der Waals surface area contributed by atoms with E-state index in [2.05, 4.69) is 0 Å². The van der Waals surface area contributed by atoms with E-state index < -0.39 is 6.10 Å². The van der Waals surface area contributed by atoms with Gasteiger partial charge in [-0.15, -0.1) is 0 Å². The van der Waals surface area contributed by atoms with Crippen LogP contribution in [0.15, 0.2) is 39.5 Å². The van der Waals surface area contributed by atoms with E-state index >= 15 is 0 Å². The topological polar surface area (TPSA) is 59.7 Å². The summed E-state index contributed by atoms with van der Waals surface area (Å²) in [7, 11) is 0. The molecule has 1 unspecified atom stereocenters. The van der Waals surface area contributed by atoms with Crippen LogP contribution in [0.5, 0.6) is 5.75 Å². The van der Waals surface area contributed by atoms with Crippen molar-refractivity contribution in [3.63, 3.8) is 0 Å². The van der Waals surface area contributed by atoms with E-state index in [1.165, 1.54) is 6.07 Å². The summed E-state index contributed by atoms with van der Waals surface area (Å²) in [5.41, 5.74) is 0.107. The van der Waals surface area contributed by atoms with Crippen LogP contribution >= 0.6 is 0 Å². The van der Waals surface area contributed by atoms with Gasteiger partial charge in [0, 0.05) is 17.5 Å². The Labute approximate surface area is 105 Å². The molecule has 1 heterocycles. The van der Waals surface area contributed by atoms with E-state index in [9.17, 15) is 9.90 Å². The molecular weight excluding hydrogens is 232 g/mol. The van der Waals surface area contributed by atoms with E-state index in [4.69, 9.17) is 9.15 Å². The first-order chi connectivity index (χ1) is 8.69. The molecule has 0 saturated heterocycles. The molecule has 0 spiro atoms. The van der Waals surface area contributed by atoms with Crippen LogP contribution in [0.2, 0.25) is 0 Å². The van der Waals surface area contributed by atoms with Crippen LogP contribution in [0.1, 0.15) is 19.8 Å². The van der Waals surface area contributed by atoms with Gasteiger partial charge < -0.3 is 14.3 Å². The Balaban J connectivity index is 2.12. The van der Waals surface area contributed by atoms with Gasteiger partial charge in [0.05, 0.1) is 6.10 Å². The normalized spacial score (nSPS) is 12.6. The Morgan fingerprint density at radius 2 is 2.11 bits per heavy atom. The van der Waals surface area contributed by atoms with Gasteiger partial charge in [-0.3, -0.25) is 0 Å². The van der Waals surface area contributed by atoms with E-state index in [0.717, 1.165) is 11.8 Å². The Hall–Kier alpha value is -1.81. The van der Waals surface area contributed by atoms with Crippen molar-refractivity contribution in [2.24, 2.45) is 0 Å². The molecule has 96 valence electrons. The van der Waals surface area contributed by atoms with E-state index in [0.29, 0.717) is 17.8 Å². The van der Waals surface area contributed by atoms with Crippen molar-refractivity contribution >= 4 is 11.0 Å². The Morgan fingerprint density at radius 3 is 2.89 bits per heavy atom. The van der Waals surface area contributed by atoms with Crippen LogP contribution in [0.4, 0.5) is 0 Å². The second-order valence-electron chi connectivity index (χ2n) is 4.21. The second kappa shape index (κ2) is 5.69. The van der Waals surface area contributed by atoms with Crippen LogP contribution < -0.4 is 10.4 Å². The van der Waals surface area contributed by atoms with Crippen molar-refractivity contribution in [2.75, 3.05) is 6.61 Å². The van der Waals surface area contributed by atoms with E-state index in [1.54, 1.807) is 18.2 Å². The van der Waals surface area contributed by atoms with Gasteiger partial charge in [0.1, 0.15) is 17.9 Å². The molecule has 0 aliphatic carbocycles. The van der Waals surface area contributed by atoms with Gasteiger partial charge in [-0.2, -0.15) is 0 Å². The van der Waals surface area contributed by atoms with E-state index in [1.807, 2.05) is 13.0 Å². The van der Waals surface area contributed by atoms with Gasteiger partial charge in [-0.1, -0.05) is 13.3 Å². The summed E-state index contributed by atoms with van der Waals surface area (Å²) in [4.78, 5) is 11.1. The van der Waals surface area contributed by atoms with Crippen LogP contribution in [0.3, 0.4) is 0 Å². The largest absolute Gasteiger partial charge is 0.491 e. The summed E-state index contributed by atoms with van der Waals surface area (Å²) in [5.74, 6) is 0.590. The van der Waals surface area contributed by atoms with E-state index in [-0.39, 0.29) is 12.2 Å². The molecule has 4 nitrogen and oxygen atoms in total. The zero-order valence-electron chi connectivity index (χ0n) is 10.3. The Kier molecular flexibility index (Phi) is 3.99. The third kappa shape index (κ3) is 3.11.